The molecule has 2 N–H and O–H groups in total. The van der Waals surface area contributed by atoms with Gasteiger partial charge in [-0.05, 0) is 43.6 Å². The summed E-state index contributed by atoms with van der Waals surface area (Å²) < 4.78 is 0. The molecule has 0 radical (unpaired) electrons. The highest BCUT2D eigenvalue weighted by atomic mass is 16.2. The number of primary amides is 1. The molecule has 6 heteroatoms. The van der Waals surface area contributed by atoms with Gasteiger partial charge in [0, 0.05) is 25.2 Å². The Hall–Kier alpha value is -1.98. The average Bonchev–Trinajstić information content (AvgIpc) is 2.45. The number of likely N-dealkylation sites (tertiary alicyclic amines) is 1. The van der Waals surface area contributed by atoms with Crippen molar-refractivity contribution in [3.05, 3.63) is 23.3 Å². The lowest BCUT2D eigenvalue weighted by molar-refractivity contribution is -0.134. The molecule has 1 aliphatic rings. The van der Waals surface area contributed by atoms with Crippen LogP contribution in [-0.4, -0.2) is 39.8 Å². The number of amides is 2. The first kappa shape index (κ1) is 18.4. The molecule has 1 atom stereocenters. The molecule has 2 amide bonds. The van der Waals surface area contributed by atoms with Crippen molar-refractivity contribution in [2.75, 3.05) is 13.1 Å². The van der Waals surface area contributed by atoms with Crippen LogP contribution in [0.1, 0.15) is 62.0 Å². The van der Waals surface area contributed by atoms with Crippen molar-refractivity contribution in [3.8, 4) is 0 Å². The molecular formula is C18H28N4O2. The van der Waals surface area contributed by atoms with E-state index in [4.69, 9.17) is 5.73 Å². The number of piperidine rings is 1. The van der Waals surface area contributed by atoms with E-state index in [2.05, 4.69) is 30.7 Å². The number of carbonyl (C=O) groups is 2. The van der Waals surface area contributed by atoms with Crippen molar-refractivity contribution in [2.45, 2.75) is 53.4 Å². The zero-order chi connectivity index (χ0) is 17.9. The number of rotatable bonds is 4. The van der Waals surface area contributed by atoms with Crippen molar-refractivity contribution in [2.24, 2.45) is 17.1 Å². The van der Waals surface area contributed by atoms with E-state index in [-0.39, 0.29) is 17.0 Å². The van der Waals surface area contributed by atoms with Crippen LogP contribution >= 0.6 is 0 Å². The third-order valence-electron chi connectivity index (χ3n) is 4.19. The van der Waals surface area contributed by atoms with Crippen LogP contribution in [-0.2, 0) is 11.2 Å². The van der Waals surface area contributed by atoms with Crippen LogP contribution in [0.15, 0.2) is 6.07 Å². The van der Waals surface area contributed by atoms with Gasteiger partial charge in [-0.1, -0.05) is 20.8 Å². The first-order chi connectivity index (χ1) is 11.1. The largest absolute Gasteiger partial charge is 0.364 e. The number of aryl methyl sites for hydroxylation is 1. The number of hydrogen-bond donors (Lipinski definition) is 1. The average molecular weight is 332 g/mol. The number of hydrogen-bond acceptors (Lipinski definition) is 4. The van der Waals surface area contributed by atoms with Crippen LogP contribution in [0.2, 0.25) is 0 Å². The first-order valence-corrected chi connectivity index (χ1v) is 8.56. The fourth-order valence-electron chi connectivity index (χ4n) is 3.18. The summed E-state index contributed by atoms with van der Waals surface area (Å²) in [6.07, 6.45) is 3.38. The van der Waals surface area contributed by atoms with Crippen LogP contribution in [0.3, 0.4) is 0 Å². The molecule has 132 valence electrons. The van der Waals surface area contributed by atoms with Gasteiger partial charge in [-0.15, -0.1) is 0 Å². The molecule has 1 fully saturated rings. The predicted octanol–water partition coefficient (Wildman–Crippen LogP) is 2.10. The maximum atomic E-state index is 12.4. The van der Waals surface area contributed by atoms with Crippen molar-refractivity contribution in [1.29, 1.82) is 0 Å². The molecular weight excluding hydrogens is 304 g/mol. The van der Waals surface area contributed by atoms with E-state index in [0.29, 0.717) is 18.2 Å². The van der Waals surface area contributed by atoms with Gasteiger partial charge in [-0.25, -0.2) is 9.97 Å². The minimum absolute atomic E-state index is 0.00415. The second kappa shape index (κ2) is 7.28. The molecule has 1 aliphatic heterocycles. The maximum absolute atomic E-state index is 12.4. The minimum atomic E-state index is -0.535. The first-order valence-electron chi connectivity index (χ1n) is 8.56. The highest BCUT2D eigenvalue weighted by Crippen LogP contribution is 2.25. The van der Waals surface area contributed by atoms with Crippen LogP contribution in [0.4, 0.5) is 0 Å². The molecule has 1 saturated heterocycles. The molecule has 24 heavy (non-hydrogen) atoms. The lowest BCUT2D eigenvalue weighted by atomic mass is 9.89. The Bertz CT molecular complexity index is 622. The Balaban J connectivity index is 2.03. The number of nitrogens with zero attached hydrogens (tertiary/aromatic N) is 3. The highest BCUT2D eigenvalue weighted by molar-refractivity contribution is 5.90. The van der Waals surface area contributed by atoms with Gasteiger partial charge in [0.25, 0.3) is 5.91 Å². The summed E-state index contributed by atoms with van der Waals surface area (Å²) in [5.74, 6) is 0.603. The summed E-state index contributed by atoms with van der Waals surface area (Å²) in [6, 6.07) is 1.67. The topological polar surface area (TPSA) is 89.2 Å². The Morgan fingerprint density at radius 2 is 2.04 bits per heavy atom. The molecule has 2 rings (SSSR count). The Kier molecular flexibility index (Phi) is 5.57. The van der Waals surface area contributed by atoms with Gasteiger partial charge in [0.15, 0.2) is 0 Å². The lowest BCUT2D eigenvalue weighted by Gasteiger charge is -2.34. The standard InChI is InChI=1S/C18H28N4O2/c1-12-20-14(9-15(21-12)17(19)24)8-13-6-5-7-22(11-13)16(23)10-18(2,3)4/h9,13H,5-8,10-11H2,1-4H3,(H2,19,24)/t13-/m0/s1. The zero-order valence-corrected chi connectivity index (χ0v) is 15.1. The predicted molar refractivity (Wildman–Crippen MR) is 92.4 cm³/mol. The van der Waals surface area contributed by atoms with Crippen molar-refractivity contribution >= 4 is 11.8 Å². The number of carbonyl (C=O) groups excluding carboxylic acids is 2. The molecule has 2 heterocycles. The van der Waals surface area contributed by atoms with Crippen LogP contribution in [0, 0.1) is 18.3 Å². The van der Waals surface area contributed by atoms with Crippen molar-refractivity contribution in [1.82, 2.24) is 14.9 Å². The van der Waals surface area contributed by atoms with Gasteiger partial charge in [-0.2, -0.15) is 0 Å². The van der Waals surface area contributed by atoms with Gasteiger partial charge in [0.05, 0.1) is 0 Å². The quantitative estimate of drug-likeness (QED) is 0.914. The third kappa shape index (κ3) is 5.28. The summed E-state index contributed by atoms with van der Waals surface area (Å²) in [5.41, 5.74) is 6.41. The summed E-state index contributed by atoms with van der Waals surface area (Å²) in [6.45, 7) is 9.60. The van der Waals surface area contributed by atoms with E-state index in [9.17, 15) is 9.59 Å². The van der Waals surface area contributed by atoms with E-state index < -0.39 is 5.91 Å². The summed E-state index contributed by atoms with van der Waals surface area (Å²) in [7, 11) is 0. The Labute approximate surface area is 143 Å². The van der Waals surface area contributed by atoms with E-state index in [0.717, 1.165) is 38.0 Å². The molecule has 0 aliphatic carbocycles. The molecule has 0 aromatic carbocycles. The van der Waals surface area contributed by atoms with E-state index in [1.54, 1.807) is 13.0 Å². The van der Waals surface area contributed by atoms with E-state index >= 15 is 0 Å². The lowest BCUT2D eigenvalue weighted by Crippen LogP contribution is -2.41. The molecule has 0 unspecified atom stereocenters. The zero-order valence-electron chi connectivity index (χ0n) is 15.1. The van der Waals surface area contributed by atoms with Gasteiger partial charge in [0.2, 0.25) is 5.91 Å². The molecule has 0 bridgehead atoms. The van der Waals surface area contributed by atoms with Gasteiger partial charge < -0.3 is 10.6 Å². The highest BCUT2D eigenvalue weighted by Gasteiger charge is 2.27. The van der Waals surface area contributed by atoms with Crippen LogP contribution < -0.4 is 5.73 Å². The van der Waals surface area contributed by atoms with Crippen LogP contribution in [0.5, 0.6) is 0 Å². The molecule has 1 aromatic heterocycles. The summed E-state index contributed by atoms with van der Waals surface area (Å²) in [5, 5.41) is 0. The van der Waals surface area contributed by atoms with Crippen molar-refractivity contribution in [3.63, 3.8) is 0 Å². The number of nitrogens with two attached hydrogens (primary N) is 1. The van der Waals surface area contributed by atoms with Gasteiger partial charge >= 0.3 is 0 Å². The summed E-state index contributed by atoms with van der Waals surface area (Å²) in [4.78, 5) is 34.3. The third-order valence-corrected chi connectivity index (χ3v) is 4.19. The SMILES string of the molecule is Cc1nc(C[C@@H]2CCCN(C(=O)CC(C)(C)C)C2)cc(C(N)=O)n1. The molecule has 1 aromatic rings. The van der Waals surface area contributed by atoms with E-state index in [1.165, 1.54) is 0 Å². The molecule has 0 saturated carbocycles. The van der Waals surface area contributed by atoms with Gasteiger partial charge in [0.1, 0.15) is 11.5 Å². The summed E-state index contributed by atoms with van der Waals surface area (Å²) >= 11 is 0. The maximum Gasteiger partial charge on any atom is 0.267 e. The Morgan fingerprint density at radius 3 is 2.67 bits per heavy atom. The smallest absolute Gasteiger partial charge is 0.267 e. The van der Waals surface area contributed by atoms with E-state index in [1.807, 2.05) is 4.90 Å². The minimum Gasteiger partial charge on any atom is -0.364 e. The fourth-order valence-corrected chi connectivity index (χ4v) is 3.18. The Morgan fingerprint density at radius 1 is 1.33 bits per heavy atom. The second-order valence-corrected chi connectivity index (χ2v) is 7.95. The molecule has 0 spiro atoms. The van der Waals surface area contributed by atoms with Crippen molar-refractivity contribution < 1.29 is 9.59 Å². The number of aromatic nitrogens is 2. The van der Waals surface area contributed by atoms with Crippen LogP contribution in [0.25, 0.3) is 0 Å². The second-order valence-electron chi connectivity index (χ2n) is 7.95. The normalized spacial score (nSPS) is 18.5. The van der Waals surface area contributed by atoms with Gasteiger partial charge in [-0.3, -0.25) is 9.59 Å². The monoisotopic (exact) mass is 332 g/mol. The molecule has 6 nitrogen and oxygen atoms in total. The fraction of sp³-hybridized carbons (Fsp3) is 0.667.